The molecule has 1 aliphatic heterocycles. The first kappa shape index (κ1) is 12.9. The fraction of sp³-hybridized carbons (Fsp3) is 0.571. The van der Waals surface area contributed by atoms with Gasteiger partial charge in [-0.2, -0.15) is 0 Å². The Kier molecular flexibility index (Phi) is 3.55. The lowest BCUT2D eigenvalue weighted by Crippen LogP contribution is -2.31. The summed E-state index contributed by atoms with van der Waals surface area (Å²) in [5, 5.41) is 9.37. The Morgan fingerprint density at radius 3 is 2.72 bits per heavy atom. The maximum Gasteiger partial charge on any atom is 0.255 e. The Morgan fingerprint density at radius 2 is 2.17 bits per heavy atom. The lowest BCUT2D eigenvalue weighted by Gasteiger charge is -2.26. The maximum absolute atomic E-state index is 12.3. The largest absolute Gasteiger partial charge is 0.506 e. The van der Waals surface area contributed by atoms with E-state index in [1.54, 1.807) is 0 Å². The number of hydrogen-bond donors (Lipinski definition) is 1. The second-order valence-corrected chi connectivity index (χ2v) is 5.12. The molecule has 1 fully saturated rings. The first-order valence-electron chi connectivity index (χ1n) is 6.53. The van der Waals surface area contributed by atoms with Crippen LogP contribution >= 0.6 is 0 Å². The highest BCUT2D eigenvalue weighted by molar-refractivity contribution is 5.94. The second kappa shape index (κ2) is 4.96. The van der Waals surface area contributed by atoms with E-state index >= 15 is 0 Å². The average Bonchev–Trinajstić information content (AvgIpc) is 2.83. The van der Waals surface area contributed by atoms with Crippen molar-refractivity contribution in [3.63, 3.8) is 0 Å². The summed E-state index contributed by atoms with van der Waals surface area (Å²) >= 11 is 0. The Hall–Kier alpha value is -1.58. The van der Waals surface area contributed by atoms with Crippen molar-refractivity contribution in [2.45, 2.75) is 33.1 Å². The van der Waals surface area contributed by atoms with E-state index in [0.29, 0.717) is 5.56 Å². The molecule has 1 saturated heterocycles. The molecule has 4 heteroatoms. The van der Waals surface area contributed by atoms with Gasteiger partial charge in [-0.25, -0.2) is 0 Å². The third kappa shape index (κ3) is 2.33. The zero-order valence-electron chi connectivity index (χ0n) is 11.0. The number of carbonyl (C=O) groups is 1. The number of aromatic nitrogens is 1. The molecule has 0 atom stereocenters. The van der Waals surface area contributed by atoms with Crippen LogP contribution in [-0.2, 0) is 0 Å². The fourth-order valence-electron chi connectivity index (χ4n) is 2.66. The molecule has 2 rings (SSSR count). The number of aromatic hydroxyl groups is 1. The Bertz CT molecular complexity index is 441. The number of amides is 1. The molecule has 1 aromatic heterocycles. The van der Waals surface area contributed by atoms with Gasteiger partial charge in [0, 0.05) is 19.3 Å². The normalized spacial score (nSPS) is 18.0. The molecule has 1 amide bonds. The summed E-state index contributed by atoms with van der Waals surface area (Å²) in [7, 11) is 0. The van der Waals surface area contributed by atoms with Crippen molar-refractivity contribution in [3.05, 3.63) is 24.0 Å². The summed E-state index contributed by atoms with van der Waals surface area (Å²) in [6, 6.07) is 1.48. The zero-order chi connectivity index (χ0) is 13.2. The van der Waals surface area contributed by atoms with Crippen molar-refractivity contribution in [1.82, 2.24) is 9.88 Å². The maximum atomic E-state index is 12.3. The van der Waals surface area contributed by atoms with Gasteiger partial charge in [-0.3, -0.25) is 9.78 Å². The van der Waals surface area contributed by atoms with Gasteiger partial charge in [-0.1, -0.05) is 13.8 Å². The number of carbonyl (C=O) groups excluding carboxylic acids is 1. The lowest BCUT2D eigenvalue weighted by molar-refractivity contribution is 0.0769. The summed E-state index contributed by atoms with van der Waals surface area (Å²) in [4.78, 5) is 18.0. The summed E-state index contributed by atoms with van der Waals surface area (Å²) < 4.78 is 0. The van der Waals surface area contributed by atoms with Crippen LogP contribution in [0.15, 0.2) is 18.5 Å². The standard InChI is InChI=1S/C14H20N2O2/c1-3-14(4-2)5-6-16(10-14)13(18)11-7-12(17)9-15-8-11/h7-9,17H,3-6,10H2,1-2H3. The predicted octanol–water partition coefficient (Wildman–Crippen LogP) is 2.44. The Labute approximate surface area is 108 Å². The van der Waals surface area contributed by atoms with Crippen LogP contribution in [0, 0.1) is 5.41 Å². The summed E-state index contributed by atoms with van der Waals surface area (Å²) in [6.45, 7) is 5.99. The van der Waals surface area contributed by atoms with Gasteiger partial charge in [0.15, 0.2) is 0 Å². The molecule has 0 unspecified atom stereocenters. The minimum atomic E-state index is -0.0258. The molecule has 0 radical (unpaired) electrons. The van der Waals surface area contributed by atoms with Gasteiger partial charge in [-0.05, 0) is 30.7 Å². The monoisotopic (exact) mass is 248 g/mol. The minimum absolute atomic E-state index is 0.0258. The van der Waals surface area contributed by atoms with Crippen LogP contribution in [0.3, 0.4) is 0 Å². The quantitative estimate of drug-likeness (QED) is 0.893. The van der Waals surface area contributed by atoms with Crippen molar-refractivity contribution < 1.29 is 9.90 Å². The highest BCUT2D eigenvalue weighted by atomic mass is 16.3. The average molecular weight is 248 g/mol. The SMILES string of the molecule is CCC1(CC)CCN(C(=O)c2cncc(O)c2)C1. The molecule has 0 aliphatic carbocycles. The Balaban J connectivity index is 2.12. The van der Waals surface area contributed by atoms with Gasteiger partial charge in [0.1, 0.15) is 5.75 Å². The predicted molar refractivity (Wildman–Crippen MR) is 69.4 cm³/mol. The number of nitrogens with zero attached hydrogens (tertiary/aromatic N) is 2. The summed E-state index contributed by atoms with van der Waals surface area (Å²) in [5.41, 5.74) is 0.748. The van der Waals surface area contributed by atoms with E-state index in [4.69, 9.17) is 0 Å². The molecule has 1 N–H and O–H groups in total. The van der Waals surface area contributed by atoms with E-state index in [1.165, 1.54) is 18.5 Å². The van der Waals surface area contributed by atoms with E-state index in [-0.39, 0.29) is 17.1 Å². The van der Waals surface area contributed by atoms with Crippen LogP contribution < -0.4 is 0 Å². The first-order chi connectivity index (χ1) is 8.60. The smallest absolute Gasteiger partial charge is 0.255 e. The van der Waals surface area contributed by atoms with Crippen LogP contribution in [0.4, 0.5) is 0 Å². The molecule has 18 heavy (non-hydrogen) atoms. The Morgan fingerprint density at radius 1 is 1.44 bits per heavy atom. The molecular weight excluding hydrogens is 228 g/mol. The molecule has 0 saturated carbocycles. The fourth-order valence-corrected chi connectivity index (χ4v) is 2.66. The van der Waals surface area contributed by atoms with E-state index in [1.807, 2.05) is 4.90 Å². The number of likely N-dealkylation sites (tertiary alicyclic amines) is 1. The van der Waals surface area contributed by atoms with Gasteiger partial charge < -0.3 is 10.0 Å². The van der Waals surface area contributed by atoms with Crippen molar-refractivity contribution in [1.29, 1.82) is 0 Å². The molecule has 2 heterocycles. The van der Waals surface area contributed by atoms with Gasteiger partial charge in [0.25, 0.3) is 5.91 Å². The van der Waals surface area contributed by atoms with E-state index in [9.17, 15) is 9.90 Å². The second-order valence-electron chi connectivity index (χ2n) is 5.12. The molecule has 0 aromatic carbocycles. The van der Waals surface area contributed by atoms with E-state index in [0.717, 1.165) is 32.4 Å². The van der Waals surface area contributed by atoms with Crippen molar-refractivity contribution in [3.8, 4) is 5.75 Å². The molecule has 1 aromatic rings. The minimum Gasteiger partial charge on any atom is -0.506 e. The van der Waals surface area contributed by atoms with E-state index < -0.39 is 0 Å². The molecule has 98 valence electrons. The lowest BCUT2D eigenvalue weighted by atomic mass is 9.82. The van der Waals surface area contributed by atoms with Crippen LogP contribution in [0.2, 0.25) is 0 Å². The highest BCUT2D eigenvalue weighted by Crippen LogP contribution is 2.37. The third-order valence-electron chi connectivity index (χ3n) is 4.20. The highest BCUT2D eigenvalue weighted by Gasteiger charge is 2.37. The van der Waals surface area contributed by atoms with Gasteiger partial charge in [0.2, 0.25) is 0 Å². The van der Waals surface area contributed by atoms with Crippen LogP contribution in [0.25, 0.3) is 0 Å². The van der Waals surface area contributed by atoms with Crippen molar-refractivity contribution in [2.75, 3.05) is 13.1 Å². The topological polar surface area (TPSA) is 53.4 Å². The molecule has 0 spiro atoms. The molecule has 4 nitrogen and oxygen atoms in total. The number of pyridine rings is 1. The zero-order valence-corrected chi connectivity index (χ0v) is 11.0. The van der Waals surface area contributed by atoms with Crippen LogP contribution in [-0.4, -0.2) is 34.0 Å². The van der Waals surface area contributed by atoms with Crippen LogP contribution in [0.5, 0.6) is 5.75 Å². The molecule has 0 bridgehead atoms. The summed E-state index contributed by atoms with van der Waals surface area (Å²) in [6.07, 6.45) is 6.12. The van der Waals surface area contributed by atoms with Gasteiger partial charge in [-0.15, -0.1) is 0 Å². The van der Waals surface area contributed by atoms with Crippen molar-refractivity contribution >= 4 is 5.91 Å². The van der Waals surface area contributed by atoms with Crippen molar-refractivity contribution in [2.24, 2.45) is 5.41 Å². The third-order valence-corrected chi connectivity index (χ3v) is 4.20. The van der Waals surface area contributed by atoms with Gasteiger partial charge in [0.05, 0.1) is 11.8 Å². The molecule has 1 aliphatic rings. The van der Waals surface area contributed by atoms with E-state index in [2.05, 4.69) is 18.8 Å². The molecular formula is C14H20N2O2. The van der Waals surface area contributed by atoms with Crippen LogP contribution in [0.1, 0.15) is 43.5 Å². The number of rotatable bonds is 3. The summed E-state index contributed by atoms with van der Waals surface area (Å²) in [5.74, 6) is 0.0134. The first-order valence-corrected chi connectivity index (χ1v) is 6.53. The van der Waals surface area contributed by atoms with Gasteiger partial charge >= 0.3 is 0 Å². The number of hydrogen-bond acceptors (Lipinski definition) is 3.